The number of nitrogens with two attached hydrogens (primary N) is 1. The number of nitro groups is 1. The molecule has 2 aromatic heterocycles. The second-order valence-electron chi connectivity index (χ2n) is 34.1. The quantitative estimate of drug-likeness (QED) is 0.00569. The lowest BCUT2D eigenvalue weighted by Crippen LogP contribution is -2.61. The van der Waals surface area contributed by atoms with Gasteiger partial charge in [0.1, 0.15) is 49.5 Å². The van der Waals surface area contributed by atoms with E-state index in [1.54, 1.807) is 0 Å². The van der Waals surface area contributed by atoms with Crippen molar-refractivity contribution in [2.24, 2.45) is 5.73 Å². The van der Waals surface area contributed by atoms with E-state index in [2.05, 4.69) is 21.3 Å². The molecule has 17 amide bonds. The van der Waals surface area contributed by atoms with Crippen molar-refractivity contribution in [3.63, 3.8) is 0 Å². The number of cyclic esters (lactones) is 1. The van der Waals surface area contributed by atoms with Crippen LogP contribution in [0.25, 0.3) is 22.3 Å². The fourth-order valence-electron chi connectivity index (χ4n) is 15.4. The van der Waals surface area contributed by atoms with E-state index in [0.29, 0.717) is 22.1 Å². The van der Waals surface area contributed by atoms with E-state index in [-0.39, 0.29) is 111 Å². The van der Waals surface area contributed by atoms with Gasteiger partial charge < -0.3 is 135 Å². The lowest BCUT2D eigenvalue weighted by atomic mass is 9.81. The van der Waals surface area contributed by atoms with Crippen LogP contribution < -0.4 is 37.3 Å². The smallest absolute Gasteiger partial charge is 0.408 e. The molecular weight excluding hydrogens is 1860 g/mol. The summed E-state index contributed by atoms with van der Waals surface area (Å²) in [4.78, 5) is 291. The number of imide groups is 1. The van der Waals surface area contributed by atoms with Crippen molar-refractivity contribution >= 4 is 129 Å². The maximum absolute atomic E-state index is 16.0. The molecule has 0 radical (unpaired) electrons. The summed E-state index contributed by atoms with van der Waals surface area (Å²) >= 11 is 0. The predicted octanol–water partition coefficient (Wildman–Crippen LogP) is -6.92. The zero-order valence-corrected chi connectivity index (χ0v) is 78.7. The van der Waals surface area contributed by atoms with Gasteiger partial charge in [-0.15, -0.1) is 0 Å². The number of carbonyl (C=O) groups excluding carboxylic acids is 18. The number of halogens is 1. The highest BCUT2D eigenvalue weighted by molar-refractivity contribution is 6.13. The Morgan fingerprint density at radius 1 is 0.643 bits per heavy atom. The summed E-state index contributed by atoms with van der Waals surface area (Å²) in [6, 6.07) is 2.57. The molecule has 0 spiro atoms. The molecule has 6 heterocycles. The summed E-state index contributed by atoms with van der Waals surface area (Å²) < 4.78 is 50.4. The van der Waals surface area contributed by atoms with Crippen LogP contribution in [0.2, 0.25) is 0 Å². The number of hydrogen-bond donors (Lipinski definition) is 10. The largest absolute Gasteiger partial charge is 0.479 e. The number of nitro benzene ring substituents is 1. The highest BCUT2D eigenvalue weighted by atomic mass is 19.1. The Morgan fingerprint density at radius 3 is 1.66 bits per heavy atom. The Labute approximate surface area is 797 Å². The number of ether oxygens (including phenoxy) is 6. The molecule has 4 aliphatic heterocycles. The van der Waals surface area contributed by atoms with Gasteiger partial charge in [-0.1, -0.05) is 13.0 Å². The Balaban J connectivity index is 0.854. The Morgan fingerprint density at radius 2 is 1.15 bits per heavy atom. The molecule has 4 aromatic rings. The van der Waals surface area contributed by atoms with Crippen molar-refractivity contribution in [3.8, 4) is 17.1 Å². The average Bonchev–Trinajstić information content (AvgIpc) is 1.58. The van der Waals surface area contributed by atoms with Gasteiger partial charge in [0.15, 0.2) is 17.5 Å². The molecule has 0 bridgehead atoms. The van der Waals surface area contributed by atoms with Gasteiger partial charge in [-0.3, -0.25) is 96.5 Å². The molecule has 2 aromatic carbocycles. The Bertz CT molecular complexity index is 5640. The van der Waals surface area contributed by atoms with Gasteiger partial charge in [0, 0.05) is 143 Å². The van der Waals surface area contributed by atoms with Crippen LogP contribution in [0.4, 0.5) is 14.9 Å². The van der Waals surface area contributed by atoms with Crippen molar-refractivity contribution in [3.05, 3.63) is 108 Å². The third kappa shape index (κ3) is 26.8. The number of carboxylic acids is 1. The van der Waals surface area contributed by atoms with Gasteiger partial charge >= 0.3 is 23.7 Å². The van der Waals surface area contributed by atoms with Gasteiger partial charge in [-0.05, 0) is 61.4 Å². The van der Waals surface area contributed by atoms with E-state index in [9.17, 15) is 132 Å². The standard InChI is InChI=1S/C87H112FN19O33/c1-13-87(132)50-29-56-76-48(32-106(56)81(126)49(50)43-137-85(87)130)75-52(16-15-47-45(2)51(88)30-54(93-76)74(47)75)94-86(131)139-58(46-14-18-57(55(28-46)107(133)134)138-84-79(125)77(123)78(124)80(140-84)83(128)129)31-91-60(109)19-17-53(92-62(111)44-136-27-26-135-25-23-90-61(110)22-24-105-63(112)20-21-64(105)113)82(127)104(12)42-73(122)103(11)41-72(121)102(10)40-71(120)101(9)39-70(119)100(8)38-69(118)99(7)37-68(117)98(6)36-67(116)97(5)35-66(115)96(4)34-65(114)95(3)33-59(89)108/h14,18,20-21,28-30,52-53,58,77-80,84,123-125,132H,13,15-17,19,22-27,31-44H2,1-12H3,(H2,89,108)(H,90,110)(H,91,109)(H,92,111)(H,94,131)(H,128,129)/t52-,53-,58+,77-,78-,79+,80-,84+,87-/m0/s1. The minimum Gasteiger partial charge on any atom is -0.479 e. The number of aliphatic carboxylic acids is 1. The molecule has 140 heavy (non-hydrogen) atoms. The highest BCUT2D eigenvalue weighted by Crippen LogP contribution is 2.47. The van der Waals surface area contributed by atoms with Crippen molar-refractivity contribution < 1.29 is 154 Å². The van der Waals surface area contributed by atoms with Crippen molar-refractivity contribution in [1.82, 2.24) is 84.7 Å². The van der Waals surface area contributed by atoms with Gasteiger partial charge in [-0.2, -0.15) is 0 Å². The fraction of sp³-hybridized carbons (Fsp3) is 0.529. The van der Waals surface area contributed by atoms with Gasteiger partial charge in [-0.25, -0.2) is 23.8 Å². The molecule has 0 unspecified atom stereocenters. The number of aliphatic hydroxyl groups is 4. The minimum absolute atomic E-state index is 0.0155. The van der Waals surface area contributed by atoms with E-state index >= 15 is 4.39 Å². The number of aliphatic hydroxyl groups excluding tert-OH is 3. The first-order valence-corrected chi connectivity index (χ1v) is 43.7. The molecule has 1 saturated heterocycles. The molecule has 53 heteroatoms. The molecule has 760 valence electrons. The van der Waals surface area contributed by atoms with Gasteiger partial charge in [0.05, 0.1) is 132 Å². The van der Waals surface area contributed by atoms with Crippen LogP contribution >= 0.6 is 0 Å². The summed E-state index contributed by atoms with van der Waals surface area (Å²) in [6.07, 6.45) is -13.6. The number of pyridine rings is 2. The third-order valence-electron chi connectivity index (χ3n) is 23.9. The number of fused-ring (bicyclic) bond motifs is 5. The molecule has 9 atom stereocenters. The number of carbonyl (C=O) groups is 19. The third-order valence-corrected chi connectivity index (χ3v) is 23.9. The number of aromatic nitrogens is 2. The molecular formula is C87H112FN19O33. The van der Waals surface area contributed by atoms with E-state index in [1.807, 2.05) is 0 Å². The monoisotopic (exact) mass is 1970 g/mol. The summed E-state index contributed by atoms with van der Waals surface area (Å²) in [5, 5.41) is 76.9. The normalized spacial score (nSPS) is 17.9. The Hall–Kier alpha value is -14.7. The first kappa shape index (κ1) is 109. The lowest BCUT2D eigenvalue weighted by molar-refractivity contribution is -0.387. The summed E-state index contributed by atoms with van der Waals surface area (Å²) in [5.41, 5.74) is 2.67. The van der Waals surface area contributed by atoms with Crippen LogP contribution in [0.15, 0.2) is 47.3 Å². The van der Waals surface area contributed by atoms with Crippen LogP contribution in [0.1, 0.15) is 90.1 Å². The molecule has 1 fully saturated rings. The SMILES string of the molecule is CC[C@@]1(O)C(=O)OCc2c1cc1n(c2=O)Cc2c-1nc1cc(F)c(C)c3c1c2[C@@H](NC(=O)O[C@H](CNC(=O)CC[C@H](NC(=O)COCCOCCNC(=O)CCN1C(=O)C=CC1=O)C(=O)N(C)CC(=O)N(C)CC(=O)N(C)CC(=O)N(C)CC(=O)N(C)CC(=O)N(C)CC(=O)N(C)CC(=O)N(C)CC(=O)N(C)CC(=O)N(C)CC(N)=O)c1ccc(O[C@@H]2O[C@H](C(=O)O)[C@@H](O)[C@H](O)[C@H]2O)c([N+](=O)[O-])c1)CC3. The average molecular weight is 1970 g/mol. The zero-order valence-electron chi connectivity index (χ0n) is 78.7. The van der Waals surface area contributed by atoms with E-state index in [0.717, 1.165) is 97.4 Å². The number of rotatable bonds is 46. The summed E-state index contributed by atoms with van der Waals surface area (Å²) in [6.45, 7) is -5.65. The van der Waals surface area contributed by atoms with Crippen LogP contribution in [0.5, 0.6) is 5.75 Å². The molecule has 11 N–H and O–H groups in total. The van der Waals surface area contributed by atoms with Crippen molar-refractivity contribution in [2.75, 3.05) is 182 Å². The number of likely N-dealkylation sites (N-methyl/N-ethyl adjacent to an activating group) is 10. The van der Waals surface area contributed by atoms with E-state index in [1.165, 1.54) is 87.9 Å². The van der Waals surface area contributed by atoms with Crippen LogP contribution in [0.3, 0.4) is 0 Å². The van der Waals surface area contributed by atoms with Gasteiger partial charge in [0.2, 0.25) is 89.0 Å². The number of carboxylic acid groups (broad SMARTS) is 1. The maximum Gasteiger partial charge on any atom is 0.408 e. The minimum atomic E-state index is -2.24. The first-order valence-electron chi connectivity index (χ1n) is 43.7. The molecule has 9 rings (SSSR count). The number of nitrogens with zero attached hydrogens (tertiary/aromatic N) is 14. The number of amides is 17. The maximum atomic E-state index is 16.0. The van der Waals surface area contributed by atoms with E-state index < -0.39 is 286 Å². The van der Waals surface area contributed by atoms with Crippen LogP contribution in [0, 0.1) is 22.9 Å². The predicted molar refractivity (Wildman–Crippen MR) is 476 cm³/mol. The number of alkyl carbamates (subject to hydrolysis) is 1. The lowest BCUT2D eigenvalue weighted by Gasteiger charge is -2.38. The van der Waals surface area contributed by atoms with Crippen LogP contribution in [-0.2, 0) is 135 Å². The molecule has 0 saturated carbocycles. The Kier molecular flexibility index (Phi) is 37.0. The fourth-order valence-corrected chi connectivity index (χ4v) is 15.4. The van der Waals surface area contributed by atoms with Crippen molar-refractivity contribution in [2.45, 2.75) is 120 Å². The number of esters is 1. The molecule has 52 nitrogen and oxygen atoms in total. The number of aryl methyl sites for hydroxylation is 1. The number of hydrogen-bond acceptors (Lipinski definition) is 33. The second kappa shape index (κ2) is 47.6. The summed E-state index contributed by atoms with van der Waals surface area (Å²) in [7, 11) is 12.4. The molecule has 5 aliphatic rings. The first-order chi connectivity index (χ1) is 65.8. The topological polar surface area (TPSA) is 669 Å². The number of benzene rings is 2. The number of primary amides is 1. The number of nitrogens with one attached hydrogen (secondary N) is 4. The van der Waals surface area contributed by atoms with Crippen LogP contribution in [-0.4, -0.2) is 425 Å². The van der Waals surface area contributed by atoms with Gasteiger partial charge in [0.25, 0.3) is 17.4 Å². The summed E-state index contributed by atoms with van der Waals surface area (Å²) in [5.74, 6) is -16.3. The van der Waals surface area contributed by atoms with E-state index in [4.69, 9.17) is 39.1 Å². The highest BCUT2D eigenvalue weighted by Gasteiger charge is 2.50. The van der Waals surface area contributed by atoms with Crippen molar-refractivity contribution in [1.29, 1.82) is 0 Å². The second-order valence-corrected chi connectivity index (χ2v) is 34.1. The zero-order chi connectivity index (χ0) is 104. The molecule has 1 aliphatic carbocycles.